The van der Waals surface area contributed by atoms with Gasteiger partial charge in [-0.05, 0) is 36.3 Å². The number of hydrogen-bond acceptors (Lipinski definition) is 5. The van der Waals surface area contributed by atoms with Crippen molar-refractivity contribution in [2.24, 2.45) is 5.92 Å². The van der Waals surface area contributed by atoms with Crippen molar-refractivity contribution in [2.75, 3.05) is 13.2 Å². The number of furan rings is 1. The van der Waals surface area contributed by atoms with E-state index < -0.39 is 5.97 Å². The van der Waals surface area contributed by atoms with E-state index in [1.54, 1.807) is 10.8 Å². The first-order valence-corrected chi connectivity index (χ1v) is 10.7. The summed E-state index contributed by atoms with van der Waals surface area (Å²) in [7, 11) is 0. The molecule has 2 aromatic heterocycles. The van der Waals surface area contributed by atoms with E-state index >= 15 is 0 Å². The standard InChI is InChI=1S/C26H25N3O4/c1-18(2)15-27-24(30)17-32-25(31)13-12-20-16-29(21-9-4-3-5-10-21)28-26(20)23-14-19-8-6-7-11-22(19)33-23/h3-14,16,18H,15,17H2,1-2H3,(H,27,30). The second kappa shape index (κ2) is 9.99. The average molecular weight is 444 g/mol. The molecule has 1 N–H and O–H groups in total. The third-order valence-electron chi connectivity index (χ3n) is 4.87. The van der Waals surface area contributed by atoms with E-state index in [-0.39, 0.29) is 12.5 Å². The lowest BCUT2D eigenvalue weighted by Gasteiger charge is -2.07. The van der Waals surface area contributed by atoms with Gasteiger partial charge in [0.1, 0.15) is 11.3 Å². The molecule has 0 bridgehead atoms. The fourth-order valence-electron chi connectivity index (χ4n) is 3.22. The van der Waals surface area contributed by atoms with Crippen LogP contribution >= 0.6 is 0 Å². The van der Waals surface area contributed by atoms with Gasteiger partial charge >= 0.3 is 5.97 Å². The molecule has 7 heteroatoms. The number of rotatable bonds is 8. The van der Waals surface area contributed by atoms with E-state index in [2.05, 4.69) is 5.32 Å². The quantitative estimate of drug-likeness (QED) is 0.317. The van der Waals surface area contributed by atoms with Gasteiger partial charge in [0.05, 0.1) is 5.69 Å². The van der Waals surface area contributed by atoms with Gasteiger partial charge in [0.25, 0.3) is 5.91 Å². The van der Waals surface area contributed by atoms with Crippen LogP contribution in [0.15, 0.2) is 77.4 Å². The van der Waals surface area contributed by atoms with Crippen LogP contribution in [-0.4, -0.2) is 34.8 Å². The monoisotopic (exact) mass is 443 g/mol. The zero-order chi connectivity index (χ0) is 23.2. The lowest BCUT2D eigenvalue weighted by molar-refractivity contribution is -0.143. The summed E-state index contributed by atoms with van der Waals surface area (Å²) in [6, 6.07) is 19.3. The first-order valence-electron chi connectivity index (χ1n) is 10.7. The summed E-state index contributed by atoms with van der Waals surface area (Å²) in [5.41, 5.74) is 2.90. The number of nitrogens with one attached hydrogen (secondary N) is 1. The molecule has 2 heterocycles. The molecule has 0 spiro atoms. The number of ether oxygens (including phenoxy) is 1. The third kappa shape index (κ3) is 5.57. The van der Waals surface area contributed by atoms with Crippen molar-refractivity contribution in [1.82, 2.24) is 15.1 Å². The van der Waals surface area contributed by atoms with Crippen molar-refractivity contribution in [3.05, 3.63) is 78.5 Å². The molecule has 168 valence electrons. The fraction of sp³-hybridized carbons (Fsp3) is 0.192. The fourth-order valence-corrected chi connectivity index (χ4v) is 3.22. The Kier molecular flexibility index (Phi) is 6.69. The summed E-state index contributed by atoms with van der Waals surface area (Å²) in [6.45, 7) is 4.19. The molecule has 0 atom stereocenters. The van der Waals surface area contributed by atoms with E-state index in [0.717, 1.165) is 16.7 Å². The van der Waals surface area contributed by atoms with Crippen molar-refractivity contribution < 1.29 is 18.7 Å². The summed E-state index contributed by atoms with van der Waals surface area (Å²) < 4.78 is 12.8. The Morgan fingerprint density at radius 1 is 1.12 bits per heavy atom. The molecule has 33 heavy (non-hydrogen) atoms. The van der Waals surface area contributed by atoms with Crippen molar-refractivity contribution >= 4 is 28.9 Å². The van der Waals surface area contributed by atoms with Gasteiger partial charge in [0.15, 0.2) is 12.4 Å². The van der Waals surface area contributed by atoms with Crippen molar-refractivity contribution in [2.45, 2.75) is 13.8 Å². The van der Waals surface area contributed by atoms with Crippen LogP contribution in [0, 0.1) is 5.92 Å². The molecule has 0 radical (unpaired) electrons. The SMILES string of the molecule is CC(C)CNC(=O)COC(=O)C=Cc1cn(-c2ccccc2)nc1-c1cc2ccccc2o1. The molecule has 1 amide bonds. The third-order valence-corrected chi connectivity index (χ3v) is 4.87. The Hall–Kier alpha value is -4.13. The molecule has 0 fully saturated rings. The number of para-hydroxylation sites is 2. The van der Waals surface area contributed by atoms with Gasteiger partial charge in [-0.1, -0.05) is 50.2 Å². The number of aromatic nitrogens is 2. The molecule has 0 saturated heterocycles. The minimum absolute atomic E-state index is 0.322. The second-order valence-corrected chi connectivity index (χ2v) is 8.00. The predicted octanol–water partition coefficient (Wildman–Crippen LogP) is 4.61. The first-order chi connectivity index (χ1) is 16.0. The molecule has 7 nitrogen and oxygen atoms in total. The highest BCUT2D eigenvalue weighted by Crippen LogP contribution is 2.30. The van der Waals surface area contributed by atoms with Crippen LogP contribution in [0.2, 0.25) is 0 Å². The zero-order valence-electron chi connectivity index (χ0n) is 18.5. The minimum Gasteiger partial charge on any atom is -0.454 e. The minimum atomic E-state index is -0.613. The smallest absolute Gasteiger partial charge is 0.331 e. The van der Waals surface area contributed by atoms with Gasteiger partial charge in [-0.2, -0.15) is 5.10 Å². The lowest BCUT2D eigenvalue weighted by atomic mass is 10.2. The Labute approximate surface area is 191 Å². The second-order valence-electron chi connectivity index (χ2n) is 8.00. The highest BCUT2D eigenvalue weighted by atomic mass is 16.5. The highest BCUT2D eigenvalue weighted by molar-refractivity contribution is 5.91. The lowest BCUT2D eigenvalue weighted by Crippen LogP contribution is -2.31. The maximum atomic E-state index is 12.2. The highest BCUT2D eigenvalue weighted by Gasteiger charge is 2.15. The predicted molar refractivity (Wildman–Crippen MR) is 127 cm³/mol. The van der Waals surface area contributed by atoms with E-state index in [1.807, 2.05) is 80.7 Å². The molecule has 0 aliphatic heterocycles. The molecule has 4 aromatic rings. The van der Waals surface area contributed by atoms with E-state index in [0.29, 0.717) is 29.5 Å². The van der Waals surface area contributed by atoms with Crippen LogP contribution in [0.5, 0.6) is 0 Å². The Bertz CT molecular complexity index is 1250. The number of nitrogens with zero attached hydrogens (tertiary/aromatic N) is 2. The summed E-state index contributed by atoms with van der Waals surface area (Å²) in [5.74, 6) is -0.0302. The topological polar surface area (TPSA) is 86.4 Å². The number of carbonyl (C=O) groups is 2. The first kappa shape index (κ1) is 22.1. The largest absolute Gasteiger partial charge is 0.454 e. The molecule has 0 unspecified atom stereocenters. The van der Waals surface area contributed by atoms with Gasteiger partial charge in [-0.15, -0.1) is 0 Å². The average Bonchev–Trinajstić information content (AvgIpc) is 3.44. The van der Waals surface area contributed by atoms with Crippen LogP contribution in [0.3, 0.4) is 0 Å². The Morgan fingerprint density at radius 3 is 2.64 bits per heavy atom. The van der Waals surface area contributed by atoms with Crippen LogP contribution in [-0.2, 0) is 14.3 Å². The number of carbonyl (C=O) groups excluding carboxylic acids is 2. The summed E-state index contributed by atoms with van der Waals surface area (Å²) in [6.07, 6.45) is 4.72. The maximum absolute atomic E-state index is 12.2. The van der Waals surface area contributed by atoms with Crippen LogP contribution in [0.1, 0.15) is 19.4 Å². The summed E-state index contributed by atoms with van der Waals surface area (Å²) >= 11 is 0. The molecule has 4 rings (SSSR count). The van der Waals surface area contributed by atoms with E-state index in [9.17, 15) is 9.59 Å². The van der Waals surface area contributed by atoms with Crippen LogP contribution in [0.4, 0.5) is 0 Å². The van der Waals surface area contributed by atoms with Gasteiger partial charge in [0.2, 0.25) is 0 Å². The summed E-state index contributed by atoms with van der Waals surface area (Å²) in [5, 5.41) is 8.37. The summed E-state index contributed by atoms with van der Waals surface area (Å²) in [4.78, 5) is 24.0. The van der Waals surface area contributed by atoms with Crippen molar-refractivity contribution in [3.8, 4) is 17.1 Å². The normalized spacial score (nSPS) is 11.4. The molecule has 0 saturated carbocycles. The van der Waals surface area contributed by atoms with Gasteiger partial charge in [-0.3, -0.25) is 4.79 Å². The number of hydrogen-bond donors (Lipinski definition) is 1. The molecular weight excluding hydrogens is 418 g/mol. The Morgan fingerprint density at radius 2 is 1.88 bits per heavy atom. The zero-order valence-corrected chi connectivity index (χ0v) is 18.5. The van der Waals surface area contributed by atoms with E-state index in [4.69, 9.17) is 14.3 Å². The number of benzene rings is 2. The van der Waals surface area contributed by atoms with Crippen LogP contribution < -0.4 is 5.32 Å². The van der Waals surface area contributed by atoms with Crippen LogP contribution in [0.25, 0.3) is 34.2 Å². The molecule has 0 aliphatic carbocycles. The number of amides is 1. The number of fused-ring (bicyclic) bond motifs is 1. The molecular formula is C26H25N3O4. The molecule has 2 aromatic carbocycles. The molecule has 0 aliphatic rings. The maximum Gasteiger partial charge on any atom is 0.331 e. The van der Waals surface area contributed by atoms with Crippen molar-refractivity contribution in [3.63, 3.8) is 0 Å². The van der Waals surface area contributed by atoms with Gasteiger partial charge in [-0.25, -0.2) is 9.48 Å². The van der Waals surface area contributed by atoms with Gasteiger partial charge in [0, 0.05) is 29.8 Å². The van der Waals surface area contributed by atoms with Crippen molar-refractivity contribution in [1.29, 1.82) is 0 Å². The van der Waals surface area contributed by atoms with Gasteiger partial charge < -0.3 is 14.5 Å². The number of esters is 1. The van der Waals surface area contributed by atoms with E-state index in [1.165, 1.54) is 6.08 Å². The Balaban J connectivity index is 1.56.